The van der Waals surface area contributed by atoms with Crippen LogP contribution in [0.4, 0.5) is 8.78 Å². The zero-order chi connectivity index (χ0) is 21.4. The number of nitrogens with two attached hydrogens (primary N) is 1. The van der Waals surface area contributed by atoms with Gasteiger partial charge in [-0.05, 0) is 50.2 Å². The lowest BCUT2D eigenvalue weighted by molar-refractivity contribution is -0.136. The van der Waals surface area contributed by atoms with Crippen molar-refractivity contribution < 1.29 is 23.5 Å². The fourth-order valence-electron chi connectivity index (χ4n) is 5.78. The highest BCUT2D eigenvalue weighted by Crippen LogP contribution is 2.47. The van der Waals surface area contributed by atoms with Crippen molar-refractivity contribution in [2.75, 3.05) is 13.1 Å². The fraction of sp³-hybridized carbons (Fsp3) is 0.636. The molecule has 3 fully saturated rings. The number of alkyl halides is 1. The molecule has 1 saturated heterocycles. The number of carboxylic acids is 1. The van der Waals surface area contributed by atoms with Crippen LogP contribution in [0.5, 0.6) is 0 Å². The Balaban J connectivity index is 1.49. The summed E-state index contributed by atoms with van der Waals surface area (Å²) < 4.78 is 29.2. The molecule has 0 amide bonds. The third-order valence-corrected chi connectivity index (χ3v) is 7.77. The van der Waals surface area contributed by atoms with Crippen molar-refractivity contribution in [3.8, 4) is 0 Å². The molecule has 5 aliphatic rings. The van der Waals surface area contributed by atoms with Crippen LogP contribution in [-0.2, 0) is 9.59 Å². The summed E-state index contributed by atoms with van der Waals surface area (Å²) in [6, 6.07) is -1.03. The monoisotopic (exact) mass is 419 g/mol. The molecule has 3 unspecified atom stereocenters. The lowest BCUT2D eigenvalue weighted by Crippen LogP contribution is -2.53. The second-order valence-electron chi connectivity index (χ2n) is 9.51. The Morgan fingerprint density at radius 3 is 2.63 bits per heavy atom. The van der Waals surface area contributed by atoms with Crippen LogP contribution in [0.15, 0.2) is 34.9 Å². The molecule has 3 aliphatic carbocycles. The summed E-state index contributed by atoms with van der Waals surface area (Å²) in [6.45, 7) is 3.14. The number of Topliss-reactive ketones (excluding diaryl/α,β-unsaturated/α-hetero) is 1. The summed E-state index contributed by atoms with van der Waals surface area (Å²) in [6.07, 6.45) is 5.76. The van der Waals surface area contributed by atoms with E-state index in [4.69, 9.17) is 5.73 Å². The predicted octanol–water partition coefficient (Wildman–Crippen LogP) is 2.28. The molecule has 30 heavy (non-hydrogen) atoms. The topological polar surface area (TPSA) is 86.9 Å². The molecule has 162 valence electrons. The number of likely N-dealkylation sites (tertiary alicyclic amines) is 1. The number of carbonyl (C=O) groups is 2. The number of ketones is 1. The molecule has 0 bridgehead atoms. The van der Waals surface area contributed by atoms with Crippen molar-refractivity contribution >= 4 is 11.8 Å². The number of hydrogen-bond donors (Lipinski definition) is 2. The van der Waals surface area contributed by atoms with Gasteiger partial charge in [-0.15, -0.1) is 0 Å². The van der Waals surface area contributed by atoms with Gasteiger partial charge in [0.05, 0.1) is 23.7 Å². The van der Waals surface area contributed by atoms with Crippen LogP contribution >= 0.6 is 0 Å². The van der Waals surface area contributed by atoms with Gasteiger partial charge in [-0.1, -0.05) is 0 Å². The minimum atomic E-state index is -1.36. The maximum atomic E-state index is 15.3. The van der Waals surface area contributed by atoms with E-state index in [-0.39, 0.29) is 12.0 Å². The molecule has 0 aromatic rings. The summed E-state index contributed by atoms with van der Waals surface area (Å²) in [5.74, 6) is -3.14. The van der Waals surface area contributed by atoms with Crippen LogP contribution in [0.25, 0.3) is 0 Å². The lowest BCUT2D eigenvalue weighted by Gasteiger charge is -2.44. The Hall–Kier alpha value is -2.22. The van der Waals surface area contributed by atoms with Gasteiger partial charge in [-0.2, -0.15) is 0 Å². The van der Waals surface area contributed by atoms with E-state index in [1.165, 1.54) is 12.3 Å². The normalized spacial score (nSPS) is 37.5. The standard InChI is InChI=1S/C22H27F2N3O3/c1-11-18-13(20(28)14(21(29)30)10-27(18)17-8-15(17)23)7-16(24)19(11)26-6-3-12(9-26)22(25)4-2-5-22/h7,10,12-13,15,17-18H,2-6,8-9,25H2,1H3,(H,29,30)/t12?,13?,15-,17+,18?/m0/s1. The van der Waals surface area contributed by atoms with E-state index in [1.54, 1.807) is 11.8 Å². The van der Waals surface area contributed by atoms with Gasteiger partial charge in [0.2, 0.25) is 0 Å². The molecule has 0 aromatic carbocycles. The molecule has 5 atom stereocenters. The largest absolute Gasteiger partial charge is 0.478 e. The number of carbonyl (C=O) groups excluding carboxylic acids is 1. The van der Waals surface area contributed by atoms with Gasteiger partial charge in [0.25, 0.3) is 0 Å². The third kappa shape index (κ3) is 2.83. The van der Waals surface area contributed by atoms with Gasteiger partial charge in [0.1, 0.15) is 17.6 Å². The first-order valence-corrected chi connectivity index (χ1v) is 10.7. The van der Waals surface area contributed by atoms with Crippen molar-refractivity contribution in [3.63, 3.8) is 0 Å². The maximum Gasteiger partial charge on any atom is 0.340 e. The van der Waals surface area contributed by atoms with E-state index in [9.17, 15) is 19.1 Å². The minimum absolute atomic E-state index is 0.165. The highest BCUT2D eigenvalue weighted by atomic mass is 19.1. The van der Waals surface area contributed by atoms with Gasteiger partial charge in [-0.25, -0.2) is 13.6 Å². The molecule has 3 N–H and O–H groups in total. The number of rotatable bonds is 4. The predicted molar refractivity (Wildman–Crippen MR) is 105 cm³/mol. The van der Waals surface area contributed by atoms with Crippen LogP contribution < -0.4 is 5.73 Å². The second-order valence-corrected chi connectivity index (χ2v) is 9.51. The number of halogens is 2. The molecule has 8 heteroatoms. The van der Waals surface area contributed by atoms with Crippen molar-refractivity contribution in [2.24, 2.45) is 17.6 Å². The summed E-state index contributed by atoms with van der Waals surface area (Å²) in [7, 11) is 0. The van der Waals surface area contributed by atoms with Crippen molar-refractivity contribution in [1.29, 1.82) is 0 Å². The highest BCUT2D eigenvalue weighted by molar-refractivity contribution is 6.18. The number of aliphatic carboxylic acids is 1. The van der Waals surface area contributed by atoms with E-state index in [1.807, 2.05) is 4.90 Å². The first kappa shape index (κ1) is 19.7. The Bertz CT molecular complexity index is 907. The lowest BCUT2D eigenvalue weighted by atomic mass is 9.68. The average Bonchev–Trinajstić information content (AvgIpc) is 3.19. The number of fused-ring (bicyclic) bond motifs is 1. The average molecular weight is 419 g/mol. The molecule has 6 nitrogen and oxygen atoms in total. The molecule has 2 aliphatic heterocycles. The summed E-state index contributed by atoms with van der Waals surface area (Å²) in [5, 5.41) is 9.42. The van der Waals surface area contributed by atoms with Crippen LogP contribution in [0.3, 0.4) is 0 Å². The number of allylic oxidation sites excluding steroid dienone is 1. The Morgan fingerprint density at radius 1 is 1.37 bits per heavy atom. The molecular formula is C22H27F2N3O3. The summed E-state index contributed by atoms with van der Waals surface area (Å²) in [5.41, 5.74) is 7.06. The maximum absolute atomic E-state index is 15.3. The summed E-state index contributed by atoms with van der Waals surface area (Å²) in [4.78, 5) is 28.0. The zero-order valence-corrected chi connectivity index (χ0v) is 17.0. The minimum Gasteiger partial charge on any atom is -0.478 e. The number of carboxylic acid groups (broad SMARTS) is 1. The van der Waals surface area contributed by atoms with Crippen LogP contribution in [-0.4, -0.2) is 63.5 Å². The molecule has 0 spiro atoms. The van der Waals surface area contributed by atoms with E-state index in [0.29, 0.717) is 30.3 Å². The van der Waals surface area contributed by atoms with E-state index in [0.717, 1.165) is 25.7 Å². The van der Waals surface area contributed by atoms with Gasteiger partial charge in [0.15, 0.2) is 5.78 Å². The molecule has 5 rings (SSSR count). The van der Waals surface area contributed by atoms with Crippen molar-refractivity contribution in [2.45, 2.75) is 62.8 Å². The Labute approximate surface area is 174 Å². The van der Waals surface area contributed by atoms with Crippen LogP contribution in [0.2, 0.25) is 0 Å². The molecule has 0 aromatic heterocycles. The van der Waals surface area contributed by atoms with Crippen molar-refractivity contribution in [1.82, 2.24) is 9.80 Å². The van der Waals surface area contributed by atoms with Crippen LogP contribution in [0.1, 0.15) is 39.0 Å². The van der Waals surface area contributed by atoms with Gasteiger partial charge in [-0.3, -0.25) is 4.79 Å². The SMILES string of the molecule is CC1=C(N2CCC(C3(N)CCC3)C2)C(F)=CC2C(=O)C(C(=O)O)=CN([C@@H]3C[C@@H]3F)C12. The molecule has 2 saturated carbocycles. The molecule has 0 radical (unpaired) electrons. The number of nitrogens with zero attached hydrogens (tertiary/aromatic N) is 2. The highest BCUT2D eigenvalue weighted by Gasteiger charge is 2.52. The Morgan fingerprint density at radius 2 is 2.07 bits per heavy atom. The van der Waals surface area contributed by atoms with E-state index < -0.39 is 47.3 Å². The van der Waals surface area contributed by atoms with Crippen LogP contribution in [0, 0.1) is 11.8 Å². The Kier molecular flexibility index (Phi) is 4.36. The second kappa shape index (κ2) is 6.64. The summed E-state index contributed by atoms with van der Waals surface area (Å²) >= 11 is 0. The molecule has 2 heterocycles. The van der Waals surface area contributed by atoms with E-state index in [2.05, 4.69) is 0 Å². The fourth-order valence-corrected chi connectivity index (χ4v) is 5.78. The van der Waals surface area contributed by atoms with Gasteiger partial charge >= 0.3 is 5.97 Å². The smallest absolute Gasteiger partial charge is 0.340 e. The molecular weight excluding hydrogens is 392 g/mol. The third-order valence-electron chi connectivity index (χ3n) is 7.77. The first-order valence-electron chi connectivity index (χ1n) is 10.7. The number of hydrogen-bond acceptors (Lipinski definition) is 5. The van der Waals surface area contributed by atoms with Gasteiger partial charge < -0.3 is 20.6 Å². The van der Waals surface area contributed by atoms with Gasteiger partial charge in [0, 0.05) is 31.2 Å². The quantitative estimate of drug-likeness (QED) is 0.680. The first-order chi connectivity index (χ1) is 14.2. The van der Waals surface area contributed by atoms with E-state index >= 15 is 4.39 Å². The zero-order valence-electron chi connectivity index (χ0n) is 17.0. The van der Waals surface area contributed by atoms with Crippen molar-refractivity contribution in [3.05, 3.63) is 34.9 Å².